The molecular formula is C13H19F3N4S. The first-order valence-corrected chi connectivity index (χ1v) is 7.96. The normalized spacial score (nSPS) is 23.2. The number of anilines is 2. The second kappa shape index (κ2) is 6.29. The number of nitrogens with zero attached hydrogens (tertiary/aromatic N) is 3. The molecule has 0 spiro atoms. The molecule has 1 fully saturated rings. The van der Waals surface area contributed by atoms with E-state index in [0.29, 0.717) is 24.2 Å². The highest BCUT2D eigenvalue weighted by molar-refractivity contribution is 8.00. The van der Waals surface area contributed by atoms with Gasteiger partial charge in [-0.2, -0.15) is 29.9 Å². The van der Waals surface area contributed by atoms with Crippen molar-refractivity contribution in [3.63, 3.8) is 0 Å². The molecule has 0 saturated carbocycles. The highest BCUT2D eigenvalue weighted by atomic mass is 32.2. The van der Waals surface area contributed by atoms with Gasteiger partial charge in [0, 0.05) is 36.2 Å². The molecule has 1 N–H and O–H groups in total. The van der Waals surface area contributed by atoms with Crippen molar-refractivity contribution in [2.75, 3.05) is 29.1 Å². The number of rotatable bonds is 3. The topological polar surface area (TPSA) is 41.1 Å². The van der Waals surface area contributed by atoms with Gasteiger partial charge in [0.1, 0.15) is 5.82 Å². The summed E-state index contributed by atoms with van der Waals surface area (Å²) >= 11 is 1.83. The molecular weight excluding hydrogens is 301 g/mol. The minimum Gasteiger partial charge on any atom is -0.354 e. The molecule has 1 saturated heterocycles. The van der Waals surface area contributed by atoms with E-state index in [1.165, 1.54) is 0 Å². The van der Waals surface area contributed by atoms with Gasteiger partial charge < -0.3 is 10.2 Å². The molecule has 1 aromatic heterocycles. The zero-order valence-corrected chi connectivity index (χ0v) is 13.1. The van der Waals surface area contributed by atoms with Crippen LogP contribution in [0.4, 0.5) is 24.9 Å². The molecule has 118 valence electrons. The van der Waals surface area contributed by atoms with Crippen LogP contribution in [0.25, 0.3) is 0 Å². The molecule has 2 heterocycles. The van der Waals surface area contributed by atoms with Crippen LogP contribution in [-0.2, 0) is 6.18 Å². The lowest BCUT2D eigenvalue weighted by Crippen LogP contribution is -2.45. The lowest BCUT2D eigenvalue weighted by atomic mass is 10.2. The summed E-state index contributed by atoms with van der Waals surface area (Å²) in [4.78, 5) is 9.72. The Balaban J connectivity index is 2.39. The Morgan fingerprint density at radius 2 is 2.10 bits per heavy atom. The average Bonchev–Trinajstić information content (AvgIpc) is 2.41. The standard InChI is InChI=1S/C13H19F3N4S/c1-4-17-12-18-10(13(14,15)16)7-11(19-12)20-5-6-21-9(3)8(20)2/h7-9H,4-6H2,1-3H3,(H,17,18,19). The summed E-state index contributed by atoms with van der Waals surface area (Å²) in [7, 11) is 0. The fraction of sp³-hybridized carbons (Fsp3) is 0.692. The third-order valence-corrected chi connectivity index (χ3v) is 4.85. The third kappa shape index (κ3) is 3.72. The molecule has 1 aromatic rings. The van der Waals surface area contributed by atoms with Gasteiger partial charge in [-0.3, -0.25) is 0 Å². The SMILES string of the molecule is CCNc1nc(N2CCSC(C)C2C)cc(C(F)(F)F)n1. The first-order chi connectivity index (χ1) is 9.82. The molecule has 2 rings (SSSR count). The third-order valence-electron chi connectivity index (χ3n) is 3.52. The summed E-state index contributed by atoms with van der Waals surface area (Å²) in [6, 6.07) is 1.18. The van der Waals surface area contributed by atoms with Crippen molar-refractivity contribution < 1.29 is 13.2 Å². The lowest BCUT2D eigenvalue weighted by molar-refractivity contribution is -0.141. The average molecular weight is 320 g/mol. The van der Waals surface area contributed by atoms with Crippen molar-refractivity contribution in [3.05, 3.63) is 11.8 Å². The smallest absolute Gasteiger partial charge is 0.354 e. The van der Waals surface area contributed by atoms with Crippen LogP contribution in [0.5, 0.6) is 0 Å². The monoisotopic (exact) mass is 320 g/mol. The quantitative estimate of drug-likeness (QED) is 0.926. The summed E-state index contributed by atoms with van der Waals surface area (Å²) in [5.74, 6) is 1.25. The van der Waals surface area contributed by atoms with Crippen molar-refractivity contribution in [3.8, 4) is 0 Å². The summed E-state index contributed by atoms with van der Waals surface area (Å²) < 4.78 is 39.0. The van der Waals surface area contributed by atoms with Crippen LogP contribution >= 0.6 is 11.8 Å². The van der Waals surface area contributed by atoms with Gasteiger partial charge in [0.25, 0.3) is 0 Å². The van der Waals surface area contributed by atoms with Crippen LogP contribution in [0.3, 0.4) is 0 Å². The summed E-state index contributed by atoms with van der Waals surface area (Å²) in [6.45, 7) is 7.06. The van der Waals surface area contributed by atoms with Gasteiger partial charge >= 0.3 is 6.18 Å². The Morgan fingerprint density at radius 1 is 1.38 bits per heavy atom. The minimum absolute atomic E-state index is 0.0282. The largest absolute Gasteiger partial charge is 0.433 e. The molecule has 1 aliphatic rings. The number of thioether (sulfide) groups is 1. The highest BCUT2D eigenvalue weighted by Crippen LogP contribution is 2.33. The number of halogens is 3. The van der Waals surface area contributed by atoms with E-state index < -0.39 is 11.9 Å². The molecule has 0 amide bonds. The molecule has 21 heavy (non-hydrogen) atoms. The maximum Gasteiger partial charge on any atom is 0.433 e. The van der Waals surface area contributed by atoms with E-state index in [4.69, 9.17) is 0 Å². The van der Waals surface area contributed by atoms with Crippen LogP contribution in [0, 0.1) is 0 Å². The second-order valence-electron chi connectivity index (χ2n) is 4.97. The Hall–Kier alpha value is -1.18. The van der Waals surface area contributed by atoms with E-state index in [-0.39, 0.29) is 12.0 Å². The Bertz CT molecular complexity index is 495. The van der Waals surface area contributed by atoms with Crippen LogP contribution in [-0.4, -0.2) is 40.1 Å². The van der Waals surface area contributed by atoms with Crippen molar-refractivity contribution >= 4 is 23.5 Å². The van der Waals surface area contributed by atoms with Crippen LogP contribution in [0.1, 0.15) is 26.5 Å². The summed E-state index contributed by atoms with van der Waals surface area (Å²) in [5.41, 5.74) is -0.901. The Morgan fingerprint density at radius 3 is 2.71 bits per heavy atom. The second-order valence-corrected chi connectivity index (χ2v) is 6.46. The minimum atomic E-state index is -4.47. The van der Waals surface area contributed by atoms with Crippen LogP contribution in [0.15, 0.2) is 6.07 Å². The van der Waals surface area contributed by atoms with Gasteiger partial charge in [-0.15, -0.1) is 0 Å². The molecule has 1 aliphatic heterocycles. The fourth-order valence-corrected chi connectivity index (χ4v) is 3.32. The van der Waals surface area contributed by atoms with Crippen LogP contribution < -0.4 is 10.2 Å². The number of alkyl halides is 3. The number of hydrogen-bond acceptors (Lipinski definition) is 5. The number of hydrogen-bond donors (Lipinski definition) is 1. The van der Waals surface area contributed by atoms with Gasteiger partial charge in [-0.05, 0) is 13.8 Å². The molecule has 0 bridgehead atoms. The highest BCUT2D eigenvalue weighted by Gasteiger charge is 2.35. The van der Waals surface area contributed by atoms with Gasteiger partial charge in [-0.25, -0.2) is 4.98 Å². The molecule has 4 nitrogen and oxygen atoms in total. The lowest BCUT2D eigenvalue weighted by Gasteiger charge is -2.38. The summed E-state index contributed by atoms with van der Waals surface area (Å²) in [5, 5.41) is 3.12. The predicted molar refractivity (Wildman–Crippen MR) is 79.9 cm³/mol. The van der Waals surface area contributed by atoms with Gasteiger partial charge in [0.05, 0.1) is 0 Å². The molecule has 0 aliphatic carbocycles. The molecule has 2 unspecified atom stereocenters. The van der Waals surface area contributed by atoms with E-state index in [9.17, 15) is 13.2 Å². The van der Waals surface area contributed by atoms with E-state index in [1.807, 2.05) is 23.6 Å². The Labute approximate surface area is 126 Å². The van der Waals surface area contributed by atoms with E-state index in [2.05, 4.69) is 22.2 Å². The van der Waals surface area contributed by atoms with Gasteiger partial charge in [0.2, 0.25) is 5.95 Å². The molecule has 0 radical (unpaired) electrons. The molecule has 8 heteroatoms. The first kappa shape index (κ1) is 16.2. The zero-order valence-electron chi connectivity index (χ0n) is 12.2. The van der Waals surface area contributed by atoms with Crippen LogP contribution in [0.2, 0.25) is 0 Å². The predicted octanol–water partition coefficient (Wildman–Crippen LogP) is 3.26. The Kier molecular flexibility index (Phi) is 4.85. The first-order valence-electron chi connectivity index (χ1n) is 6.91. The van der Waals surface area contributed by atoms with E-state index in [1.54, 1.807) is 6.92 Å². The van der Waals surface area contributed by atoms with E-state index >= 15 is 0 Å². The summed E-state index contributed by atoms with van der Waals surface area (Å²) in [6.07, 6.45) is -4.47. The number of nitrogens with one attached hydrogen (secondary N) is 1. The van der Waals surface area contributed by atoms with Crippen molar-refractivity contribution in [1.29, 1.82) is 0 Å². The molecule has 2 atom stereocenters. The maximum absolute atomic E-state index is 13.0. The van der Waals surface area contributed by atoms with Gasteiger partial charge in [-0.1, -0.05) is 6.92 Å². The zero-order chi connectivity index (χ0) is 15.6. The molecule has 0 aromatic carbocycles. The van der Waals surface area contributed by atoms with Crippen molar-refractivity contribution in [1.82, 2.24) is 9.97 Å². The van der Waals surface area contributed by atoms with Gasteiger partial charge in [0.15, 0.2) is 5.69 Å². The number of aromatic nitrogens is 2. The van der Waals surface area contributed by atoms with Crippen molar-refractivity contribution in [2.45, 2.75) is 38.2 Å². The fourth-order valence-electron chi connectivity index (χ4n) is 2.22. The van der Waals surface area contributed by atoms with Crippen molar-refractivity contribution in [2.24, 2.45) is 0 Å². The maximum atomic E-state index is 13.0. The van der Waals surface area contributed by atoms with E-state index in [0.717, 1.165) is 11.8 Å².